The second-order valence-corrected chi connectivity index (χ2v) is 13.3. The van der Waals surface area contributed by atoms with Crippen LogP contribution in [0.5, 0.6) is 0 Å². The number of carbonyl (C=O) groups excluding carboxylic acids is 2. The van der Waals surface area contributed by atoms with Gasteiger partial charge in [0.15, 0.2) is 0 Å². The SMILES string of the molecule is CNC(=O)[C@H](Cc1ccccc1)N(Cc1ccc(Cl)cc1Cl)C(=O)CN(c1cccc(C)c1C)S(=O)(=O)c1ccc(C)cc1. The molecule has 2 amide bonds. The molecule has 0 aliphatic rings. The lowest BCUT2D eigenvalue weighted by Gasteiger charge is -2.34. The Balaban J connectivity index is 1.84. The predicted octanol–water partition coefficient (Wildman–Crippen LogP) is 6.50. The van der Waals surface area contributed by atoms with Gasteiger partial charge in [0.1, 0.15) is 12.6 Å². The maximum atomic E-state index is 14.5. The van der Waals surface area contributed by atoms with Gasteiger partial charge >= 0.3 is 0 Å². The molecule has 230 valence electrons. The smallest absolute Gasteiger partial charge is 0.264 e. The lowest BCUT2D eigenvalue weighted by Crippen LogP contribution is -2.53. The Bertz CT molecular complexity index is 1750. The Hall–Kier alpha value is -3.85. The van der Waals surface area contributed by atoms with Gasteiger partial charge in [-0.1, -0.05) is 89.4 Å². The molecule has 1 N–H and O–H groups in total. The summed E-state index contributed by atoms with van der Waals surface area (Å²) in [4.78, 5) is 29.3. The minimum Gasteiger partial charge on any atom is -0.357 e. The first-order valence-electron chi connectivity index (χ1n) is 14.1. The predicted molar refractivity (Wildman–Crippen MR) is 177 cm³/mol. The van der Waals surface area contributed by atoms with E-state index in [0.717, 1.165) is 26.6 Å². The van der Waals surface area contributed by atoms with Crippen LogP contribution < -0.4 is 9.62 Å². The second kappa shape index (κ2) is 14.3. The van der Waals surface area contributed by atoms with Crippen LogP contribution in [0.4, 0.5) is 5.69 Å². The number of nitrogens with zero attached hydrogens (tertiary/aromatic N) is 2. The van der Waals surface area contributed by atoms with Gasteiger partial charge < -0.3 is 10.2 Å². The normalized spacial score (nSPS) is 12.0. The second-order valence-electron chi connectivity index (χ2n) is 10.6. The monoisotopic (exact) mass is 651 g/mol. The fourth-order valence-corrected chi connectivity index (χ4v) is 6.85. The third kappa shape index (κ3) is 7.62. The van der Waals surface area contributed by atoms with E-state index in [0.29, 0.717) is 21.3 Å². The molecule has 0 saturated heterocycles. The van der Waals surface area contributed by atoms with Crippen molar-refractivity contribution in [2.75, 3.05) is 17.9 Å². The number of benzene rings is 4. The topological polar surface area (TPSA) is 86.8 Å². The average molecular weight is 653 g/mol. The molecule has 4 aromatic rings. The van der Waals surface area contributed by atoms with Crippen molar-refractivity contribution in [3.63, 3.8) is 0 Å². The molecule has 0 saturated carbocycles. The zero-order valence-electron chi connectivity index (χ0n) is 25.1. The van der Waals surface area contributed by atoms with E-state index in [1.165, 1.54) is 24.1 Å². The summed E-state index contributed by atoms with van der Waals surface area (Å²) in [5.41, 5.74) is 4.26. The van der Waals surface area contributed by atoms with Gasteiger partial charge in [-0.25, -0.2) is 8.42 Å². The van der Waals surface area contributed by atoms with Crippen molar-refractivity contribution in [3.05, 3.63) is 129 Å². The van der Waals surface area contributed by atoms with Crippen molar-refractivity contribution in [3.8, 4) is 0 Å². The largest absolute Gasteiger partial charge is 0.357 e. The minimum absolute atomic E-state index is 0.0506. The molecule has 1 atom stereocenters. The molecule has 10 heteroatoms. The van der Waals surface area contributed by atoms with Crippen molar-refractivity contribution < 1.29 is 18.0 Å². The van der Waals surface area contributed by atoms with Crippen LogP contribution in [0.15, 0.2) is 95.9 Å². The molecular formula is C34H35Cl2N3O4S. The van der Waals surface area contributed by atoms with Crippen LogP contribution in [0, 0.1) is 20.8 Å². The van der Waals surface area contributed by atoms with Crippen LogP contribution in [0.2, 0.25) is 10.0 Å². The number of nitrogens with one attached hydrogen (secondary N) is 1. The van der Waals surface area contributed by atoms with Crippen molar-refractivity contribution in [1.82, 2.24) is 10.2 Å². The number of carbonyl (C=O) groups is 2. The van der Waals surface area contributed by atoms with Gasteiger partial charge in [-0.3, -0.25) is 13.9 Å². The summed E-state index contributed by atoms with van der Waals surface area (Å²) in [5.74, 6) is -0.968. The van der Waals surface area contributed by atoms with Gasteiger partial charge in [-0.2, -0.15) is 0 Å². The van der Waals surface area contributed by atoms with Gasteiger partial charge in [0.2, 0.25) is 11.8 Å². The summed E-state index contributed by atoms with van der Waals surface area (Å²) in [6, 6.07) is 25.1. The molecule has 7 nitrogen and oxygen atoms in total. The van der Waals surface area contributed by atoms with E-state index in [9.17, 15) is 18.0 Å². The standard InChI is InChI=1S/C34H35Cl2N3O4S/c1-23-13-17-29(18-14-23)44(42,43)39(31-12-8-9-24(2)25(31)3)22-33(40)38(21-27-15-16-28(35)20-30(27)36)32(34(41)37-4)19-26-10-6-5-7-11-26/h5-18,20,32H,19,21-22H2,1-4H3,(H,37,41)/t32-/m0/s1. The van der Waals surface area contributed by atoms with Crippen LogP contribution in [0.1, 0.15) is 27.8 Å². The molecule has 0 spiro atoms. The van der Waals surface area contributed by atoms with E-state index in [1.807, 2.05) is 57.2 Å². The molecule has 4 rings (SSSR count). The Labute approximate surface area is 269 Å². The molecule has 44 heavy (non-hydrogen) atoms. The summed E-state index contributed by atoms with van der Waals surface area (Å²) in [7, 11) is -2.69. The van der Waals surface area contributed by atoms with Crippen LogP contribution >= 0.6 is 23.2 Å². The summed E-state index contributed by atoms with van der Waals surface area (Å²) in [6.45, 7) is 4.97. The van der Waals surface area contributed by atoms with Crippen molar-refractivity contribution in [2.45, 2.75) is 44.7 Å². The summed E-state index contributed by atoms with van der Waals surface area (Å²) in [5, 5.41) is 3.42. The highest BCUT2D eigenvalue weighted by molar-refractivity contribution is 7.92. The molecule has 4 aromatic carbocycles. The van der Waals surface area contributed by atoms with E-state index >= 15 is 0 Å². The lowest BCUT2D eigenvalue weighted by atomic mass is 10.0. The molecule has 0 aliphatic carbocycles. The zero-order chi connectivity index (χ0) is 32.0. The molecule has 0 fully saturated rings. The third-order valence-electron chi connectivity index (χ3n) is 7.61. The van der Waals surface area contributed by atoms with E-state index < -0.39 is 34.4 Å². The molecule has 0 radical (unpaired) electrons. The Kier molecular flexibility index (Phi) is 10.7. The quantitative estimate of drug-likeness (QED) is 0.201. The van der Waals surface area contributed by atoms with E-state index in [1.54, 1.807) is 42.5 Å². The number of hydrogen-bond acceptors (Lipinski definition) is 4. The maximum Gasteiger partial charge on any atom is 0.264 e. The zero-order valence-corrected chi connectivity index (χ0v) is 27.4. The number of aryl methyl sites for hydroxylation is 2. The third-order valence-corrected chi connectivity index (χ3v) is 9.97. The number of hydrogen-bond donors (Lipinski definition) is 1. The Morgan fingerprint density at radius 2 is 1.55 bits per heavy atom. The van der Waals surface area contributed by atoms with E-state index in [-0.39, 0.29) is 17.9 Å². The van der Waals surface area contributed by atoms with Crippen molar-refractivity contribution in [1.29, 1.82) is 0 Å². The molecule has 0 aromatic heterocycles. The first-order valence-corrected chi connectivity index (χ1v) is 16.3. The first-order chi connectivity index (χ1) is 20.9. The van der Waals surface area contributed by atoms with Crippen LogP contribution in [-0.4, -0.2) is 44.8 Å². The van der Waals surface area contributed by atoms with Crippen molar-refractivity contribution >= 4 is 50.7 Å². The number of likely N-dealkylation sites (N-methyl/N-ethyl adjacent to an activating group) is 1. The fraction of sp³-hybridized carbons (Fsp3) is 0.235. The van der Waals surface area contributed by atoms with E-state index in [2.05, 4.69) is 5.32 Å². The lowest BCUT2D eigenvalue weighted by molar-refractivity contribution is -0.139. The van der Waals surface area contributed by atoms with Crippen LogP contribution in [-0.2, 0) is 32.6 Å². The highest BCUT2D eigenvalue weighted by Gasteiger charge is 2.35. The van der Waals surface area contributed by atoms with Gasteiger partial charge in [0.05, 0.1) is 10.6 Å². The molecule has 0 bridgehead atoms. The highest BCUT2D eigenvalue weighted by atomic mass is 35.5. The van der Waals surface area contributed by atoms with Crippen LogP contribution in [0.25, 0.3) is 0 Å². The summed E-state index contributed by atoms with van der Waals surface area (Å²) in [6.07, 6.45) is 0.200. The van der Waals surface area contributed by atoms with E-state index in [4.69, 9.17) is 23.2 Å². The van der Waals surface area contributed by atoms with Gasteiger partial charge in [-0.15, -0.1) is 0 Å². The molecule has 0 aliphatic heterocycles. The van der Waals surface area contributed by atoms with Gasteiger partial charge in [0, 0.05) is 30.1 Å². The number of halogens is 2. The summed E-state index contributed by atoms with van der Waals surface area (Å²) < 4.78 is 29.5. The number of rotatable bonds is 11. The Morgan fingerprint density at radius 3 is 2.18 bits per heavy atom. The van der Waals surface area contributed by atoms with Crippen LogP contribution in [0.3, 0.4) is 0 Å². The molecule has 0 unspecified atom stereocenters. The van der Waals surface area contributed by atoms with Crippen molar-refractivity contribution in [2.24, 2.45) is 0 Å². The number of sulfonamides is 1. The Morgan fingerprint density at radius 1 is 0.864 bits per heavy atom. The van der Waals surface area contributed by atoms with Gasteiger partial charge in [-0.05, 0) is 73.4 Å². The maximum absolute atomic E-state index is 14.5. The first kappa shape index (κ1) is 33.1. The minimum atomic E-state index is -4.19. The average Bonchev–Trinajstić information content (AvgIpc) is 3.00. The molecular weight excluding hydrogens is 617 g/mol. The fourth-order valence-electron chi connectivity index (χ4n) is 4.91. The van der Waals surface area contributed by atoms with Gasteiger partial charge in [0.25, 0.3) is 10.0 Å². The highest BCUT2D eigenvalue weighted by Crippen LogP contribution is 2.30. The molecule has 0 heterocycles. The number of amides is 2. The summed E-state index contributed by atoms with van der Waals surface area (Å²) >= 11 is 12.7. The number of anilines is 1.